The molecule has 0 radical (unpaired) electrons. The van der Waals surface area contributed by atoms with Gasteiger partial charge in [-0.25, -0.2) is 4.39 Å². The summed E-state index contributed by atoms with van der Waals surface area (Å²) in [6.45, 7) is 2.98. The van der Waals surface area contributed by atoms with Crippen LogP contribution in [-0.4, -0.2) is 49.8 Å². The molecule has 4 aromatic rings. The van der Waals surface area contributed by atoms with Gasteiger partial charge < -0.3 is 20.5 Å². The number of nitrogens with one attached hydrogen (secondary N) is 3. The number of hydrogen-bond acceptors (Lipinski definition) is 4. The second kappa shape index (κ2) is 11.1. The molecule has 1 aliphatic heterocycles. The number of aromatic nitrogens is 3. The first-order chi connectivity index (χ1) is 18.8. The third kappa shape index (κ3) is 5.70. The standard InChI is InChI=1S/C28H26ClFN6O3/c1-17-14-35(28(39)23-6-3-11-31-23)16-22-25(34-36(26(17)22)15-18-7-9-19(30)10-8-18)27(38)33-21-5-2-4-20(12-21)32-24(37)13-29/h2-12,17,31H,13-16H2,1H3,(H,32,37)(H,33,38). The smallest absolute Gasteiger partial charge is 0.276 e. The van der Waals surface area contributed by atoms with E-state index in [-0.39, 0.29) is 41.7 Å². The Balaban J connectivity index is 1.48. The van der Waals surface area contributed by atoms with Crippen molar-refractivity contribution in [3.63, 3.8) is 0 Å². The van der Waals surface area contributed by atoms with Gasteiger partial charge in [0.1, 0.15) is 17.4 Å². The summed E-state index contributed by atoms with van der Waals surface area (Å²) in [6, 6.07) is 16.3. The first kappa shape index (κ1) is 26.2. The van der Waals surface area contributed by atoms with Crippen LogP contribution < -0.4 is 10.6 Å². The van der Waals surface area contributed by atoms with Crippen LogP contribution in [0.25, 0.3) is 0 Å². The first-order valence-electron chi connectivity index (χ1n) is 12.4. The number of H-pyrrole nitrogens is 1. The van der Waals surface area contributed by atoms with Gasteiger partial charge in [0.25, 0.3) is 11.8 Å². The van der Waals surface area contributed by atoms with E-state index in [9.17, 15) is 18.8 Å². The number of rotatable bonds is 7. The predicted octanol–water partition coefficient (Wildman–Crippen LogP) is 4.59. The zero-order valence-corrected chi connectivity index (χ0v) is 21.8. The summed E-state index contributed by atoms with van der Waals surface area (Å²) < 4.78 is 15.2. The van der Waals surface area contributed by atoms with Gasteiger partial charge in [0.15, 0.2) is 5.69 Å². The van der Waals surface area contributed by atoms with Gasteiger partial charge in [-0.3, -0.25) is 19.1 Å². The van der Waals surface area contributed by atoms with Crippen molar-refractivity contribution in [1.82, 2.24) is 19.7 Å². The Labute approximate surface area is 229 Å². The van der Waals surface area contributed by atoms with Crippen LogP contribution >= 0.6 is 11.6 Å². The molecular formula is C28H26ClFN6O3. The monoisotopic (exact) mass is 548 g/mol. The SMILES string of the molecule is CC1CN(C(=O)c2ccc[nH]2)Cc2c(C(=O)Nc3cccc(NC(=O)CCl)c3)nn(Cc3ccc(F)cc3)c21. The van der Waals surface area contributed by atoms with E-state index >= 15 is 0 Å². The molecule has 5 rings (SSSR count). The third-order valence-electron chi connectivity index (χ3n) is 6.51. The molecular weight excluding hydrogens is 523 g/mol. The van der Waals surface area contributed by atoms with Crippen LogP contribution in [0.15, 0.2) is 66.9 Å². The van der Waals surface area contributed by atoms with E-state index < -0.39 is 5.91 Å². The summed E-state index contributed by atoms with van der Waals surface area (Å²) in [5.74, 6) is -1.63. The Bertz CT molecular complexity index is 1520. The summed E-state index contributed by atoms with van der Waals surface area (Å²) in [4.78, 5) is 43.0. The fourth-order valence-electron chi connectivity index (χ4n) is 4.81. The molecule has 0 bridgehead atoms. The number of hydrogen-bond donors (Lipinski definition) is 3. The number of carbonyl (C=O) groups excluding carboxylic acids is 3. The molecule has 39 heavy (non-hydrogen) atoms. The van der Waals surface area contributed by atoms with Crippen LogP contribution in [0.5, 0.6) is 0 Å². The number of nitrogens with zero attached hydrogens (tertiary/aromatic N) is 3. The van der Waals surface area contributed by atoms with Crippen LogP contribution in [0.3, 0.4) is 0 Å². The van der Waals surface area contributed by atoms with E-state index in [1.165, 1.54) is 12.1 Å². The molecule has 1 aliphatic rings. The average Bonchev–Trinajstić information content (AvgIpc) is 3.59. The van der Waals surface area contributed by atoms with E-state index in [4.69, 9.17) is 11.6 Å². The minimum Gasteiger partial charge on any atom is -0.357 e. The molecule has 200 valence electrons. The highest BCUT2D eigenvalue weighted by atomic mass is 35.5. The number of fused-ring (bicyclic) bond motifs is 1. The largest absolute Gasteiger partial charge is 0.357 e. The van der Waals surface area contributed by atoms with Gasteiger partial charge in [0, 0.05) is 41.3 Å². The van der Waals surface area contributed by atoms with Crippen LogP contribution in [0, 0.1) is 5.82 Å². The topological polar surface area (TPSA) is 112 Å². The molecule has 11 heteroatoms. The van der Waals surface area contributed by atoms with E-state index in [1.54, 1.807) is 64.3 Å². The van der Waals surface area contributed by atoms with Crippen LogP contribution in [0.4, 0.5) is 15.8 Å². The van der Waals surface area contributed by atoms with Gasteiger partial charge in [0.2, 0.25) is 5.91 Å². The number of carbonyl (C=O) groups is 3. The number of alkyl halides is 1. The maximum atomic E-state index is 13.5. The average molecular weight is 549 g/mol. The van der Waals surface area contributed by atoms with Gasteiger partial charge in [-0.2, -0.15) is 5.10 Å². The van der Waals surface area contributed by atoms with Crippen molar-refractivity contribution < 1.29 is 18.8 Å². The maximum absolute atomic E-state index is 13.5. The number of halogens is 2. The number of aromatic amines is 1. The predicted molar refractivity (Wildman–Crippen MR) is 145 cm³/mol. The lowest BCUT2D eigenvalue weighted by molar-refractivity contribution is -0.113. The summed E-state index contributed by atoms with van der Waals surface area (Å²) in [5.41, 5.74) is 3.93. The van der Waals surface area contributed by atoms with Gasteiger partial charge in [-0.1, -0.05) is 25.1 Å². The minimum absolute atomic E-state index is 0.115. The molecule has 3 heterocycles. The molecule has 2 aromatic heterocycles. The Hall–Kier alpha value is -4.44. The van der Waals surface area contributed by atoms with Crippen molar-refractivity contribution >= 4 is 40.7 Å². The molecule has 2 aromatic carbocycles. The number of benzene rings is 2. The second-order valence-electron chi connectivity index (χ2n) is 9.38. The molecule has 0 spiro atoms. The number of amides is 3. The molecule has 0 aliphatic carbocycles. The fourth-order valence-corrected chi connectivity index (χ4v) is 4.87. The third-order valence-corrected chi connectivity index (χ3v) is 6.75. The van der Waals surface area contributed by atoms with E-state index in [1.807, 2.05) is 6.92 Å². The quantitative estimate of drug-likeness (QED) is 0.293. The summed E-state index contributed by atoms with van der Waals surface area (Å²) >= 11 is 5.58. The van der Waals surface area contributed by atoms with Crippen molar-refractivity contribution in [2.45, 2.75) is 25.9 Å². The highest BCUT2D eigenvalue weighted by Crippen LogP contribution is 2.32. The Morgan fingerprint density at radius 1 is 1.08 bits per heavy atom. The molecule has 1 unspecified atom stereocenters. The fraction of sp³-hybridized carbons (Fsp3) is 0.214. The van der Waals surface area contributed by atoms with Crippen molar-refractivity contribution in [2.24, 2.45) is 0 Å². The van der Waals surface area contributed by atoms with Gasteiger partial charge in [-0.15, -0.1) is 11.6 Å². The lowest BCUT2D eigenvalue weighted by Crippen LogP contribution is -2.38. The van der Waals surface area contributed by atoms with E-state index in [2.05, 4.69) is 20.7 Å². The molecule has 0 saturated heterocycles. The normalized spacial score (nSPS) is 14.5. The Morgan fingerprint density at radius 2 is 1.82 bits per heavy atom. The molecule has 9 nitrogen and oxygen atoms in total. The molecule has 0 saturated carbocycles. The Kier molecular flexibility index (Phi) is 7.47. The van der Waals surface area contributed by atoms with Crippen molar-refractivity contribution in [2.75, 3.05) is 23.1 Å². The Morgan fingerprint density at radius 3 is 2.51 bits per heavy atom. The van der Waals surface area contributed by atoms with Crippen LogP contribution in [0.1, 0.15) is 50.6 Å². The highest BCUT2D eigenvalue weighted by molar-refractivity contribution is 6.29. The lowest BCUT2D eigenvalue weighted by atomic mass is 9.95. The maximum Gasteiger partial charge on any atom is 0.276 e. The van der Waals surface area contributed by atoms with Crippen molar-refractivity contribution in [3.8, 4) is 0 Å². The second-order valence-corrected chi connectivity index (χ2v) is 9.65. The van der Waals surface area contributed by atoms with Crippen LogP contribution in [0.2, 0.25) is 0 Å². The molecule has 0 fully saturated rings. The van der Waals surface area contributed by atoms with Crippen molar-refractivity contribution in [3.05, 3.63) is 101 Å². The summed E-state index contributed by atoms with van der Waals surface area (Å²) in [7, 11) is 0. The van der Waals surface area contributed by atoms with Gasteiger partial charge in [-0.05, 0) is 48.0 Å². The number of anilines is 2. The van der Waals surface area contributed by atoms with Crippen molar-refractivity contribution in [1.29, 1.82) is 0 Å². The molecule has 1 atom stereocenters. The molecule has 3 N–H and O–H groups in total. The minimum atomic E-state index is -0.453. The zero-order valence-electron chi connectivity index (χ0n) is 21.1. The van der Waals surface area contributed by atoms with Gasteiger partial charge >= 0.3 is 0 Å². The van der Waals surface area contributed by atoms with Crippen LogP contribution in [-0.2, 0) is 17.9 Å². The highest BCUT2D eigenvalue weighted by Gasteiger charge is 2.34. The summed E-state index contributed by atoms with van der Waals surface area (Å²) in [5, 5.41) is 10.2. The van der Waals surface area contributed by atoms with E-state index in [0.717, 1.165) is 11.3 Å². The van der Waals surface area contributed by atoms with E-state index in [0.29, 0.717) is 35.7 Å². The first-order valence-corrected chi connectivity index (χ1v) is 12.9. The summed E-state index contributed by atoms with van der Waals surface area (Å²) in [6.07, 6.45) is 1.69. The lowest BCUT2D eigenvalue weighted by Gasteiger charge is -2.32. The van der Waals surface area contributed by atoms with Gasteiger partial charge in [0.05, 0.1) is 13.1 Å². The molecule has 3 amide bonds. The zero-order chi connectivity index (χ0) is 27.5.